The highest BCUT2D eigenvalue weighted by Gasteiger charge is 2.47. The lowest BCUT2D eigenvalue weighted by molar-refractivity contribution is -0.123. The Balaban J connectivity index is 1.88. The Morgan fingerprint density at radius 1 is 0.708 bits per heavy atom. The fourth-order valence-electron chi connectivity index (χ4n) is 3.93. The third-order valence-electron chi connectivity index (χ3n) is 5.12. The molecule has 2 amide bonds. The molecule has 4 aliphatic rings. The molecule has 0 aromatic carbocycles. The number of hydrogen-bond donors (Lipinski definition) is 0. The Hall–Kier alpha value is -2.62. The van der Waals surface area contributed by atoms with E-state index >= 15 is 0 Å². The third kappa shape index (κ3) is 1.86. The molecule has 0 aromatic heterocycles. The van der Waals surface area contributed by atoms with Crippen molar-refractivity contribution in [1.82, 2.24) is 9.80 Å². The van der Waals surface area contributed by atoms with E-state index in [4.69, 9.17) is 0 Å². The lowest BCUT2D eigenvalue weighted by Gasteiger charge is -2.21. The van der Waals surface area contributed by atoms with E-state index < -0.39 is 0 Å². The molecule has 0 saturated carbocycles. The largest absolute Gasteiger partial charge is 0.310 e. The second-order valence-corrected chi connectivity index (χ2v) is 6.94. The summed E-state index contributed by atoms with van der Waals surface area (Å²) in [6, 6.07) is 0. The number of likely N-dealkylation sites (N-methyl/N-ethyl adjacent to an activating group) is 2. The van der Waals surface area contributed by atoms with Crippen LogP contribution in [0.2, 0.25) is 0 Å². The quantitative estimate of drug-likeness (QED) is 0.785. The molecule has 0 fully saturated rings. The summed E-state index contributed by atoms with van der Waals surface area (Å²) in [5.41, 5.74) is 7.27. The van der Waals surface area contributed by atoms with E-state index in [0.29, 0.717) is 11.1 Å². The molecule has 4 nitrogen and oxygen atoms in total. The van der Waals surface area contributed by atoms with Gasteiger partial charge in [-0.25, -0.2) is 0 Å². The van der Waals surface area contributed by atoms with Crippen molar-refractivity contribution in [3.05, 3.63) is 69.1 Å². The van der Waals surface area contributed by atoms with Crippen molar-refractivity contribution in [3.63, 3.8) is 0 Å². The van der Waals surface area contributed by atoms with Gasteiger partial charge in [0.2, 0.25) is 0 Å². The summed E-state index contributed by atoms with van der Waals surface area (Å²) in [4.78, 5) is 29.2. The van der Waals surface area contributed by atoms with Crippen molar-refractivity contribution in [2.75, 3.05) is 14.1 Å². The van der Waals surface area contributed by atoms with E-state index in [0.717, 1.165) is 35.4 Å². The van der Waals surface area contributed by atoms with E-state index in [1.807, 2.05) is 12.2 Å². The molecule has 0 spiro atoms. The number of carbonyl (C=O) groups is 2. The van der Waals surface area contributed by atoms with Crippen LogP contribution in [0.15, 0.2) is 69.1 Å². The van der Waals surface area contributed by atoms with E-state index in [1.54, 1.807) is 23.9 Å². The van der Waals surface area contributed by atoms with Gasteiger partial charge in [-0.1, -0.05) is 35.5 Å². The SMILES string of the molecule is CC1=CC=C(C2=C3C(=O)N(C)C(C4=CC=C(C)C4)=C3C(=O)N2C)C1. The summed E-state index contributed by atoms with van der Waals surface area (Å²) in [7, 11) is 3.53. The average Bonchev–Trinajstić information content (AvgIpc) is 3.25. The maximum atomic E-state index is 12.9. The Bertz CT molecular complexity index is 817. The van der Waals surface area contributed by atoms with Gasteiger partial charge in [0.25, 0.3) is 11.8 Å². The third-order valence-corrected chi connectivity index (χ3v) is 5.12. The molecule has 0 aromatic rings. The number of rotatable bonds is 2. The zero-order valence-electron chi connectivity index (χ0n) is 14.4. The van der Waals surface area contributed by atoms with Crippen LogP contribution in [0.4, 0.5) is 0 Å². The number of allylic oxidation sites excluding steroid dienone is 8. The molecular formula is C20H20N2O2. The molecule has 2 heterocycles. The smallest absolute Gasteiger partial charge is 0.261 e. The lowest BCUT2D eigenvalue weighted by atomic mass is 10.00. The molecule has 4 heteroatoms. The number of fused-ring (bicyclic) bond motifs is 1. The fraction of sp³-hybridized carbons (Fsp3) is 0.300. The van der Waals surface area contributed by atoms with Crippen molar-refractivity contribution < 1.29 is 9.59 Å². The molecule has 122 valence electrons. The molecule has 2 aliphatic heterocycles. The second kappa shape index (κ2) is 4.94. The van der Waals surface area contributed by atoms with E-state index in [9.17, 15) is 9.59 Å². The summed E-state index contributed by atoms with van der Waals surface area (Å²) in [5.74, 6) is -0.160. The maximum Gasteiger partial charge on any atom is 0.261 e. The molecule has 0 atom stereocenters. The zero-order valence-corrected chi connectivity index (χ0v) is 14.4. The first-order valence-corrected chi connectivity index (χ1v) is 8.18. The second-order valence-electron chi connectivity index (χ2n) is 6.94. The Labute approximate surface area is 141 Å². The lowest BCUT2D eigenvalue weighted by Crippen LogP contribution is -2.27. The van der Waals surface area contributed by atoms with Gasteiger partial charge in [0, 0.05) is 14.1 Å². The van der Waals surface area contributed by atoms with Crippen LogP contribution in [0.25, 0.3) is 0 Å². The van der Waals surface area contributed by atoms with E-state index in [-0.39, 0.29) is 11.8 Å². The van der Waals surface area contributed by atoms with Gasteiger partial charge >= 0.3 is 0 Å². The Morgan fingerprint density at radius 3 is 1.38 bits per heavy atom. The number of amides is 2. The van der Waals surface area contributed by atoms with E-state index in [2.05, 4.69) is 26.0 Å². The average molecular weight is 320 g/mol. The van der Waals surface area contributed by atoms with Crippen LogP contribution < -0.4 is 0 Å². The number of carbonyl (C=O) groups excluding carboxylic acids is 2. The fourth-order valence-corrected chi connectivity index (χ4v) is 3.93. The van der Waals surface area contributed by atoms with Crippen LogP contribution in [0, 0.1) is 0 Å². The van der Waals surface area contributed by atoms with Crippen LogP contribution in [0.3, 0.4) is 0 Å². The van der Waals surface area contributed by atoms with Gasteiger partial charge in [-0.05, 0) is 37.8 Å². The summed E-state index contributed by atoms with van der Waals surface area (Å²) < 4.78 is 0. The molecule has 0 N–H and O–H groups in total. The van der Waals surface area contributed by atoms with Crippen molar-refractivity contribution >= 4 is 11.8 Å². The van der Waals surface area contributed by atoms with Crippen LogP contribution in [0.5, 0.6) is 0 Å². The predicted octanol–water partition coefficient (Wildman–Crippen LogP) is 2.99. The summed E-state index contributed by atoms with van der Waals surface area (Å²) >= 11 is 0. The minimum absolute atomic E-state index is 0.0800. The first kappa shape index (κ1) is 14.9. The molecule has 0 bridgehead atoms. The molecule has 24 heavy (non-hydrogen) atoms. The number of hydrogen-bond acceptors (Lipinski definition) is 2. The molecule has 0 radical (unpaired) electrons. The van der Waals surface area contributed by atoms with Crippen molar-refractivity contribution in [2.45, 2.75) is 26.7 Å². The number of nitrogens with zero attached hydrogens (tertiary/aromatic N) is 2. The highest BCUT2D eigenvalue weighted by atomic mass is 16.2. The molecule has 0 unspecified atom stereocenters. The first-order chi connectivity index (χ1) is 11.4. The van der Waals surface area contributed by atoms with Crippen LogP contribution in [-0.2, 0) is 9.59 Å². The summed E-state index contributed by atoms with van der Waals surface area (Å²) in [5, 5.41) is 0. The van der Waals surface area contributed by atoms with Crippen LogP contribution in [0.1, 0.15) is 26.7 Å². The van der Waals surface area contributed by atoms with Gasteiger partial charge in [-0.15, -0.1) is 0 Å². The Morgan fingerprint density at radius 2 is 1.08 bits per heavy atom. The summed E-state index contributed by atoms with van der Waals surface area (Å²) in [6.45, 7) is 4.13. The monoisotopic (exact) mass is 320 g/mol. The molecule has 0 saturated heterocycles. The summed E-state index contributed by atoms with van der Waals surface area (Å²) in [6.07, 6.45) is 9.74. The molecular weight excluding hydrogens is 300 g/mol. The predicted molar refractivity (Wildman–Crippen MR) is 92.5 cm³/mol. The first-order valence-electron chi connectivity index (χ1n) is 8.18. The minimum Gasteiger partial charge on any atom is -0.310 e. The zero-order chi connectivity index (χ0) is 17.2. The highest BCUT2D eigenvalue weighted by molar-refractivity contribution is 6.20. The van der Waals surface area contributed by atoms with E-state index in [1.165, 1.54) is 11.1 Å². The minimum atomic E-state index is -0.0800. The van der Waals surface area contributed by atoms with Crippen molar-refractivity contribution in [3.8, 4) is 0 Å². The van der Waals surface area contributed by atoms with Gasteiger partial charge in [-0.3, -0.25) is 9.59 Å². The van der Waals surface area contributed by atoms with Crippen LogP contribution in [-0.4, -0.2) is 35.7 Å². The van der Waals surface area contributed by atoms with Crippen molar-refractivity contribution in [1.29, 1.82) is 0 Å². The molecule has 4 rings (SSSR count). The normalized spacial score (nSPS) is 23.3. The van der Waals surface area contributed by atoms with Gasteiger partial charge in [0.15, 0.2) is 0 Å². The van der Waals surface area contributed by atoms with Crippen LogP contribution >= 0.6 is 0 Å². The van der Waals surface area contributed by atoms with Crippen molar-refractivity contribution in [2.24, 2.45) is 0 Å². The molecule has 2 aliphatic carbocycles. The Kier molecular flexibility index (Phi) is 3.07. The topological polar surface area (TPSA) is 40.6 Å². The highest BCUT2D eigenvalue weighted by Crippen LogP contribution is 2.45. The standard InChI is InChI=1S/C20H20N2O2/c1-11-5-7-13(9-11)17-15-16(20(24)21(17)3)18(22(4)19(15)23)14-8-6-12(2)10-14/h5-8H,9-10H2,1-4H3. The maximum absolute atomic E-state index is 12.9. The van der Waals surface area contributed by atoms with Gasteiger partial charge in [0.1, 0.15) is 0 Å². The van der Waals surface area contributed by atoms with Gasteiger partial charge in [-0.2, -0.15) is 0 Å². The van der Waals surface area contributed by atoms with Gasteiger partial charge < -0.3 is 9.80 Å². The van der Waals surface area contributed by atoms with Gasteiger partial charge in [0.05, 0.1) is 22.5 Å².